The molecule has 1 aliphatic carbocycles. The molecule has 27 heavy (non-hydrogen) atoms. The fourth-order valence-electron chi connectivity index (χ4n) is 3.75. The van der Waals surface area contributed by atoms with Crippen molar-refractivity contribution in [3.05, 3.63) is 69.4 Å². The normalized spacial score (nSPS) is 22.0. The molecule has 0 spiro atoms. The summed E-state index contributed by atoms with van der Waals surface area (Å²) >= 11 is 0. The molecule has 0 fully saturated rings. The van der Waals surface area contributed by atoms with Crippen LogP contribution in [-0.2, 0) is 12.0 Å². The summed E-state index contributed by atoms with van der Waals surface area (Å²) in [6.45, 7) is 1.26. The summed E-state index contributed by atoms with van der Waals surface area (Å²) in [5.74, 6) is 0.344. The molecule has 1 heterocycles. The third-order valence-corrected chi connectivity index (χ3v) is 5.11. The van der Waals surface area contributed by atoms with E-state index in [1.165, 1.54) is 0 Å². The summed E-state index contributed by atoms with van der Waals surface area (Å²) in [7, 11) is 0. The van der Waals surface area contributed by atoms with Crippen molar-refractivity contribution in [2.24, 2.45) is 28.2 Å². The number of nitrogens with zero attached hydrogens (tertiary/aromatic N) is 6. The number of nitrogens with two attached hydrogens (primary N) is 3. The van der Waals surface area contributed by atoms with Crippen molar-refractivity contribution >= 4 is 5.57 Å². The quantitative estimate of drug-likeness (QED) is 0.319. The predicted octanol–water partition coefficient (Wildman–Crippen LogP) is 0.764. The van der Waals surface area contributed by atoms with Gasteiger partial charge in [0.2, 0.25) is 0 Å². The zero-order valence-electron chi connectivity index (χ0n) is 14.8. The van der Waals surface area contributed by atoms with Crippen LogP contribution in [0.25, 0.3) is 16.0 Å². The summed E-state index contributed by atoms with van der Waals surface area (Å²) in [5.41, 5.74) is 29.9. The highest BCUT2D eigenvalue weighted by Crippen LogP contribution is 2.47. The van der Waals surface area contributed by atoms with E-state index in [1.807, 2.05) is 36.4 Å². The fourth-order valence-corrected chi connectivity index (χ4v) is 3.75. The molecule has 0 bridgehead atoms. The molecule has 2 unspecified atom stereocenters. The van der Waals surface area contributed by atoms with E-state index in [0.29, 0.717) is 25.5 Å². The van der Waals surface area contributed by atoms with Crippen LogP contribution in [-0.4, -0.2) is 40.3 Å². The molecule has 7 N–H and O–H groups in total. The van der Waals surface area contributed by atoms with Crippen molar-refractivity contribution in [1.82, 2.24) is 20.6 Å². The molecule has 0 radical (unpaired) electrons. The van der Waals surface area contributed by atoms with Crippen LogP contribution in [0.2, 0.25) is 0 Å². The molecule has 1 aromatic carbocycles. The molecule has 2 aromatic rings. The minimum Gasteiger partial charge on any atom is -0.330 e. The highest BCUT2D eigenvalue weighted by Gasteiger charge is 2.48. The second kappa shape index (κ2) is 8.11. The first-order valence-corrected chi connectivity index (χ1v) is 8.56. The molecule has 0 amide bonds. The molecule has 0 aliphatic heterocycles. The Morgan fingerprint density at radius 3 is 2.52 bits per heavy atom. The lowest BCUT2D eigenvalue weighted by atomic mass is 9.62. The van der Waals surface area contributed by atoms with Crippen LogP contribution in [0.1, 0.15) is 17.0 Å². The number of aromatic amines is 1. The van der Waals surface area contributed by atoms with Crippen molar-refractivity contribution in [3.8, 4) is 0 Å². The number of nitrogens with one attached hydrogen (secondary N) is 1. The van der Waals surface area contributed by atoms with Crippen molar-refractivity contribution < 1.29 is 0 Å². The van der Waals surface area contributed by atoms with Gasteiger partial charge in [0.15, 0.2) is 5.82 Å². The van der Waals surface area contributed by atoms with Gasteiger partial charge >= 0.3 is 0 Å². The van der Waals surface area contributed by atoms with Crippen LogP contribution in [0.3, 0.4) is 0 Å². The van der Waals surface area contributed by atoms with E-state index < -0.39 is 5.41 Å². The van der Waals surface area contributed by atoms with Gasteiger partial charge in [-0.05, 0) is 22.2 Å². The van der Waals surface area contributed by atoms with E-state index in [4.69, 9.17) is 22.7 Å². The lowest BCUT2D eigenvalue weighted by Crippen LogP contribution is -2.50. The second-order valence-electron chi connectivity index (χ2n) is 6.31. The molecule has 10 heteroatoms. The van der Waals surface area contributed by atoms with Crippen molar-refractivity contribution in [1.29, 1.82) is 0 Å². The van der Waals surface area contributed by atoms with E-state index >= 15 is 0 Å². The minimum absolute atomic E-state index is 0.145. The van der Waals surface area contributed by atoms with E-state index in [-0.39, 0.29) is 12.5 Å². The van der Waals surface area contributed by atoms with Crippen LogP contribution >= 0.6 is 0 Å². The van der Waals surface area contributed by atoms with Crippen LogP contribution in [0.15, 0.2) is 47.1 Å². The average Bonchev–Trinajstić information content (AvgIpc) is 3.26. The van der Waals surface area contributed by atoms with E-state index in [2.05, 4.69) is 30.7 Å². The summed E-state index contributed by atoms with van der Waals surface area (Å²) < 4.78 is 0. The lowest BCUT2D eigenvalue weighted by Gasteiger charge is -2.42. The van der Waals surface area contributed by atoms with Crippen LogP contribution in [0.5, 0.6) is 0 Å². The first-order chi connectivity index (χ1) is 13.2. The van der Waals surface area contributed by atoms with E-state index in [9.17, 15) is 0 Å². The van der Waals surface area contributed by atoms with Gasteiger partial charge in [-0.25, -0.2) is 0 Å². The maximum atomic E-state index is 8.48. The molecule has 0 saturated carbocycles. The number of rotatable bonds is 7. The molecule has 1 aromatic heterocycles. The number of allylic oxidation sites excluding steroid dienone is 2. The molecular formula is C17H22N10. The van der Waals surface area contributed by atoms with Gasteiger partial charge in [0.1, 0.15) is 0 Å². The molecule has 10 nitrogen and oxygen atoms in total. The largest absolute Gasteiger partial charge is 0.330 e. The van der Waals surface area contributed by atoms with Crippen molar-refractivity contribution in [3.63, 3.8) is 0 Å². The molecule has 2 atom stereocenters. The minimum atomic E-state index is -0.739. The first-order valence-electron chi connectivity index (χ1n) is 8.56. The number of tetrazole rings is 1. The molecule has 140 valence electrons. The third kappa shape index (κ3) is 3.22. The van der Waals surface area contributed by atoms with Gasteiger partial charge in [-0.3, -0.25) is 0 Å². The average molecular weight is 366 g/mol. The Bertz CT molecular complexity index is 877. The summed E-state index contributed by atoms with van der Waals surface area (Å²) in [6.07, 6.45) is 3.99. The fraction of sp³-hybridized carbons (Fsp3) is 0.353. The van der Waals surface area contributed by atoms with Crippen LogP contribution in [0.4, 0.5) is 0 Å². The predicted molar refractivity (Wildman–Crippen MR) is 102 cm³/mol. The lowest BCUT2D eigenvalue weighted by molar-refractivity contribution is 0.379. The van der Waals surface area contributed by atoms with Gasteiger partial charge < -0.3 is 17.2 Å². The maximum absolute atomic E-state index is 8.48. The van der Waals surface area contributed by atoms with Crippen molar-refractivity contribution in [2.45, 2.75) is 12.0 Å². The zero-order chi connectivity index (χ0) is 19.3. The zero-order valence-corrected chi connectivity index (χ0v) is 14.8. The Labute approximate surface area is 156 Å². The highest BCUT2D eigenvalue weighted by molar-refractivity contribution is 5.79. The molecule has 0 saturated heterocycles. The number of hydrogen-bond acceptors (Lipinski definition) is 7. The van der Waals surface area contributed by atoms with E-state index in [0.717, 1.165) is 22.3 Å². The number of aromatic nitrogens is 4. The molecule has 1 aliphatic rings. The molecular weight excluding hydrogens is 344 g/mol. The number of azide groups is 1. The maximum Gasteiger partial charge on any atom is 0.187 e. The second-order valence-corrected chi connectivity index (χ2v) is 6.31. The number of benzene rings is 1. The Hall–Kier alpha value is -3.04. The number of H-pyrrole nitrogens is 1. The van der Waals surface area contributed by atoms with E-state index in [1.54, 1.807) is 0 Å². The topological polar surface area (TPSA) is 181 Å². The Morgan fingerprint density at radius 2 is 1.96 bits per heavy atom. The standard InChI is InChI=1S/C17H22N10/c18-7-13-5-6-14(12-3-1-11(2-4-12)9-22-25-21)17(10-20,15(13)8-19)16-23-26-27-24-16/h1-6,15H,7-10,18-20H2,(H,23,24,26,27). The van der Waals surface area contributed by atoms with Crippen molar-refractivity contribution in [2.75, 3.05) is 19.6 Å². The summed E-state index contributed by atoms with van der Waals surface area (Å²) in [6, 6.07) is 7.77. The smallest absolute Gasteiger partial charge is 0.187 e. The Morgan fingerprint density at radius 1 is 1.19 bits per heavy atom. The van der Waals surface area contributed by atoms with Crippen LogP contribution in [0, 0.1) is 5.92 Å². The summed E-state index contributed by atoms with van der Waals surface area (Å²) in [5, 5.41) is 18.3. The Balaban J connectivity index is 2.14. The third-order valence-electron chi connectivity index (χ3n) is 5.11. The van der Waals surface area contributed by atoms with Crippen LogP contribution < -0.4 is 17.2 Å². The van der Waals surface area contributed by atoms with Gasteiger partial charge in [0.25, 0.3) is 0 Å². The van der Waals surface area contributed by atoms with Gasteiger partial charge in [-0.2, -0.15) is 5.21 Å². The Kier molecular flexibility index (Phi) is 5.63. The SMILES string of the molecule is [N-]=[N+]=NCc1ccc(C2=CC=C(CN)C(CN)C2(CN)c2nn[nH]n2)cc1. The van der Waals surface area contributed by atoms with Gasteiger partial charge in [-0.1, -0.05) is 52.3 Å². The monoisotopic (exact) mass is 366 g/mol. The number of hydrogen-bond donors (Lipinski definition) is 4. The first kappa shape index (κ1) is 18.7. The summed E-state index contributed by atoms with van der Waals surface area (Å²) in [4.78, 5) is 2.79. The molecule has 3 rings (SSSR count). The van der Waals surface area contributed by atoms with Gasteiger partial charge in [0.05, 0.1) is 12.0 Å². The van der Waals surface area contributed by atoms with Gasteiger partial charge in [0, 0.05) is 30.5 Å². The highest BCUT2D eigenvalue weighted by atomic mass is 15.5. The van der Waals surface area contributed by atoms with Gasteiger partial charge in [-0.15, -0.1) is 10.2 Å².